The van der Waals surface area contributed by atoms with Crippen molar-refractivity contribution in [3.05, 3.63) is 12.4 Å². The Morgan fingerprint density at radius 2 is 2.44 bits per heavy atom. The molecule has 0 saturated carbocycles. The van der Waals surface area contributed by atoms with Gasteiger partial charge in [0.1, 0.15) is 4.90 Å². The van der Waals surface area contributed by atoms with E-state index in [2.05, 4.69) is 14.9 Å². The van der Waals surface area contributed by atoms with Crippen LogP contribution in [-0.4, -0.2) is 37.4 Å². The van der Waals surface area contributed by atoms with Crippen LogP contribution in [-0.2, 0) is 14.8 Å². The van der Waals surface area contributed by atoms with Crippen molar-refractivity contribution in [2.75, 3.05) is 6.61 Å². The second kappa shape index (κ2) is 4.52. The fourth-order valence-electron chi connectivity index (χ4n) is 1.78. The van der Waals surface area contributed by atoms with Crippen LogP contribution >= 0.6 is 0 Å². The Balaban J connectivity index is 2.04. The summed E-state index contributed by atoms with van der Waals surface area (Å²) in [6, 6.07) is -0.0522. The van der Waals surface area contributed by atoms with Gasteiger partial charge in [0, 0.05) is 18.8 Å². The SMILES string of the molecule is CC1CC(NS(=O)(=O)c2cn[nH]c2)CCO1. The van der Waals surface area contributed by atoms with Gasteiger partial charge in [-0.25, -0.2) is 13.1 Å². The van der Waals surface area contributed by atoms with Gasteiger partial charge in [-0.1, -0.05) is 0 Å². The molecule has 0 aromatic carbocycles. The topological polar surface area (TPSA) is 84.1 Å². The third-order valence-corrected chi connectivity index (χ3v) is 4.08. The molecule has 1 saturated heterocycles. The molecule has 0 spiro atoms. The highest BCUT2D eigenvalue weighted by molar-refractivity contribution is 7.89. The molecule has 0 bridgehead atoms. The Morgan fingerprint density at radius 3 is 3.06 bits per heavy atom. The average Bonchev–Trinajstić information content (AvgIpc) is 2.69. The van der Waals surface area contributed by atoms with Crippen LogP contribution in [0.2, 0.25) is 0 Å². The highest BCUT2D eigenvalue weighted by Crippen LogP contribution is 2.16. The minimum absolute atomic E-state index is 0.0522. The summed E-state index contributed by atoms with van der Waals surface area (Å²) in [5.41, 5.74) is 0. The quantitative estimate of drug-likeness (QED) is 0.799. The van der Waals surface area contributed by atoms with Crippen molar-refractivity contribution in [3.63, 3.8) is 0 Å². The van der Waals surface area contributed by atoms with Gasteiger partial charge in [0.25, 0.3) is 0 Å². The van der Waals surface area contributed by atoms with E-state index >= 15 is 0 Å². The maximum atomic E-state index is 11.9. The summed E-state index contributed by atoms with van der Waals surface area (Å²) in [6.07, 6.45) is 4.18. The van der Waals surface area contributed by atoms with Crippen molar-refractivity contribution in [2.45, 2.75) is 36.8 Å². The Kier molecular flexibility index (Phi) is 3.27. The summed E-state index contributed by atoms with van der Waals surface area (Å²) in [7, 11) is -3.44. The lowest BCUT2D eigenvalue weighted by Crippen LogP contribution is -2.41. The van der Waals surface area contributed by atoms with Crippen LogP contribution < -0.4 is 4.72 Å². The van der Waals surface area contributed by atoms with E-state index in [0.29, 0.717) is 19.4 Å². The molecule has 2 atom stereocenters. The zero-order valence-corrected chi connectivity index (χ0v) is 9.83. The first kappa shape index (κ1) is 11.6. The minimum atomic E-state index is -3.44. The number of sulfonamides is 1. The number of nitrogens with zero attached hydrogens (tertiary/aromatic N) is 1. The van der Waals surface area contributed by atoms with Gasteiger partial charge in [0.2, 0.25) is 10.0 Å². The molecule has 6 nitrogen and oxygen atoms in total. The Bertz CT molecular complexity index is 429. The molecule has 0 amide bonds. The number of hydrogen-bond donors (Lipinski definition) is 2. The normalized spacial score (nSPS) is 26.8. The molecule has 2 rings (SSSR count). The molecule has 7 heteroatoms. The fourth-order valence-corrected chi connectivity index (χ4v) is 2.97. The second-order valence-corrected chi connectivity index (χ2v) is 5.67. The van der Waals surface area contributed by atoms with Gasteiger partial charge in [-0.2, -0.15) is 5.10 Å². The van der Waals surface area contributed by atoms with E-state index in [0.717, 1.165) is 0 Å². The van der Waals surface area contributed by atoms with Gasteiger partial charge in [0.15, 0.2) is 0 Å². The van der Waals surface area contributed by atoms with Gasteiger partial charge in [-0.05, 0) is 19.8 Å². The maximum absolute atomic E-state index is 11.9. The van der Waals surface area contributed by atoms with Crippen LogP contribution in [0.3, 0.4) is 0 Å². The standard InChI is InChI=1S/C9H15N3O3S/c1-7-4-8(2-3-15-7)12-16(13,14)9-5-10-11-6-9/h5-8,12H,2-4H2,1H3,(H,10,11). The molecule has 2 unspecified atom stereocenters. The lowest BCUT2D eigenvalue weighted by molar-refractivity contribution is 0.0173. The molecule has 1 aliphatic heterocycles. The van der Waals surface area contributed by atoms with E-state index in [-0.39, 0.29) is 17.0 Å². The smallest absolute Gasteiger partial charge is 0.243 e. The van der Waals surface area contributed by atoms with Gasteiger partial charge in [-0.15, -0.1) is 0 Å². The van der Waals surface area contributed by atoms with Crippen LogP contribution in [0, 0.1) is 0 Å². The summed E-state index contributed by atoms with van der Waals surface area (Å²) in [4.78, 5) is 0.173. The third kappa shape index (κ3) is 2.60. The van der Waals surface area contributed by atoms with Crippen molar-refractivity contribution < 1.29 is 13.2 Å². The first-order valence-corrected chi connectivity index (χ1v) is 6.69. The van der Waals surface area contributed by atoms with E-state index in [1.165, 1.54) is 12.4 Å². The van der Waals surface area contributed by atoms with E-state index in [1.807, 2.05) is 6.92 Å². The highest BCUT2D eigenvalue weighted by atomic mass is 32.2. The largest absolute Gasteiger partial charge is 0.378 e. The number of aromatic nitrogens is 2. The van der Waals surface area contributed by atoms with Crippen molar-refractivity contribution in [1.82, 2.24) is 14.9 Å². The molecule has 2 N–H and O–H groups in total. The lowest BCUT2D eigenvalue weighted by atomic mass is 10.1. The number of rotatable bonds is 3. The first-order valence-electron chi connectivity index (χ1n) is 5.20. The Labute approximate surface area is 94.4 Å². The summed E-state index contributed by atoms with van der Waals surface area (Å²) < 4.78 is 31.7. The fraction of sp³-hybridized carbons (Fsp3) is 0.667. The van der Waals surface area contributed by atoms with E-state index in [4.69, 9.17) is 4.74 Å². The number of aromatic amines is 1. The van der Waals surface area contributed by atoms with Crippen molar-refractivity contribution in [1.29, 1.82) is 0 Å². The van der Waals surface area contributed by atoms with E-state index in [9.17, 15) is 8.42 Å². The number of H-pyrrole nitrogens is 1. The predicted octanol–water partition coefficient (Wildman–Crippen LogP) is 0.255. The molecule has 1 aliphatic rings. The monoisotopic (exact) mass is 245 g/mol. The van der Waals surface area contributed by atoms with Gasteiger partial charge in [-0.3, -0.25) is 5.10 Å². The maximum Gasteiger partial charge on any atom is 0.243 e. The van der Waals surface area contributed by atoms with Gasteiger partial charge < -0.3 is 4.74 Å². The number of hydrogen-bond acceptors (Lipinski definition) is 4. The average molecular weight is 245 g/mol. The lowest BCUT2D eigenvalue weighted by Gasteiger charge is -2.27. The molecular formula is C9H15N3O3S. The molecule has 90 valence electrons. The summed E-state index contributed by atoms with van der Waals surface area (Å²) >= 11 is 0. The molecule has 1 aromatic heterocycles. The number of nitrogens with one attached hydrogen (secondary N) is 2. The zero-order valence-electron chi connectivity index (χ0n) is 9.01. The molecule has 0 radical (unpaired) electrons. The van der Waals surface area contributed by atoms with Crippen LogP contribution in [0.5, 0.6) is 0 Å². The Hall–Kier alpha value is -0.920. The molecule has 1 fully saturated rings. The Morgan fingerprint density at radius 1 is 1.62 bits per heavy atom. The molecule has 2 heterocycles. The third-order valence-electron chi connectivity index (χ3n) is 2.59. The van der Waals surface area contributed by atoms with Crippen molar-refractivity contribution >= 4 is 10.0 Å². The van der Waals surface area contributed by atoms with E-state index in [1.54, 1.807) is 0 Å². The van der Waals surface area contributed by atoms with Crippen LogP contribution in [0.15, 0.2) is 17.3 Å². The van der Waals surface area contributed by atoms with Gasteiger partial charge in [0.05, 0.1) is 12.3 Å². The van der Waals surface area contributed by atoms with Crippen LogP contribution in [0.4, 0.5) is 0 Å². The molecule has 16 heavy (non-hydrogen) atoms. The van der Waals surface area contributed by atoms with Crippen LogP contribution in [0.1, 0.15) is 19.8 Å². The first-order chi connectivity index (χ1) is 7.58. The van der Waals surface area contributed by atoms with E-state index < -0.39 is 10.0 Å². The molecule has 0 aliphatic carbocycles. The summed E-state index contributed by atoms with van der Waals surface area (Å²) in [5.74, 6) is 0. The highest BCUT2D eigenvalue weighted by Gasteiger charge is 2.25. The summed E-state index contributed by atoms with van der Waals surface area (Å²) in [6.45, 7) is 2.54. The molecular weight excluding hydrogens is 230 g/mol. The van der Waals surface area contributed by atoms with Gasteiger partial charge >= 0.3 is 0 Å². The van der Waals surface area contributed by atoms with Crippen LogP contribution in [0.25, 0.3) is 0 Å². The second-order valence-electron chi connectivity index (χ2n) is 3.96. The minimum Gasteiger partial charge on any atom is -0.378 e. The summed E-state index contributed by atoms with van der Waals surface area (Å²) in [5, 5.41) is 6.12. The zero-order chi connectivity index (χ0) is 11.6. The molecule has 1 aromatic rings. The van der Waals surface area contributed by atoms with Crippen molar-refractivity contribution in [2.24, 2.45) is 0 Å². The van der Waals surface area contributed by atoms with Crippen molar-refractivity contribution in [3.8, 4) is 0 Å². The number of ether oxygens (including phenoxy) is 1. The predicted molar refractivity (Wildman–Crippen MR) is 57.3 cm³/mol.